The molecule has 3 aromatic carbocycles. The summed E-state index contributed by atoms with van der Waals surface area (Å²) in [6, 6.07) is 20.7. The first-order valence-electron chi connectivity index (χ1n) is 10.9. The average molecular weight is 384 g/mol. The quantitative estimate of drug-likeness (QED) is 0.233. The number of fused-ring (bicyclic) bond motifs is 2. The Hall–Kier alpha value is -2.87. The van der Waals surface area contributed by atoms with E-state index in [2.05, 4.69) is 54.9 Å². The van der Waals surface area contributed by atoms with Crippen molar-refractivity contribution in [3.8, 4) is 0 Å². The minimum atomic E-state index is 0.114. The van der Waals surface area contributed by atoms with E-state index in [1.165, 1.54) is 30.3 Å². The van der Waals surface area contributed by atoms with Gasteiger partial charge in [0.15, 0.2) is 5.78 Å². The minimum Gasteiger partial charge on any atom is -0.347 e. The van der Waals surface area contributed by atoms with Crippen molar-refractivity contribution in [2.75, 3.05) is 0 Å². The maximum absolute atomic E-state index is 13.6. The van der Waals surface area contributed by atoms with Crippen LogP contribution >= 0.6 is 0 Å². The number of hydrogen-bond donors (Lipinski definition) is 0. The smallest absolute Gasteiger partial charge is 0.195 e. The van der Waals surface area contributed by atoms with Crippen molar-refractivity contribution in [2.45, 2.75) is 52.5 Å². The van der Waals surface area contributed by atoms with Crippen molar-refractivity contribution >= 4 is 27.5 Å². The van der Waals surface area contributed by atoms with Crippen LogP contribution in [-0.2, 0) is 13.0 Å². The zero-order chi connectivity index (χ0) is 20.2. The summed E-state index contributed by atoms with van der Waals surface area (Å²) in [6.45, 7) is 5.38. The van der Waals surface area contributed by atoms with Gasteiger partial charge in [-0.1, -0.05) is 87.7 Å². The van der Waals surface area contributed by atoms with Crippen LogP contribution in [0.25, 0.3) is 21.7 Å². The van der Waals surface area contributed by atoms with Crippen molar-refractivity contribution in [1.29, 1.82) is 0 Å². The number of rotatable bonds is 8. The van der Waals surface area contributed by atoms with Gasteiger partial charge >= 0.3 is 0 Å². The summed E-state index contributed by atoms with van der Waals surface area (Å²) in [6.07, 6.45) is 7.97. The lowest BCUT2D eigenvalue weighted by Crippen LogP contribution is -2.02. The number of aromatic nitrogens is 1. The summed E-state index contributed by atoms with van der Waals surface area (Å²) < 4.78 is 2.29. The van der Waals surface area contributed by atoms with E-state index < -0.39 is 0 Å². The first-order chi connectivity index (χ1) is 14.2. The Morgan fingerprint density at radius 3 is 2.48 bits per heavy atom. The predicted molar refractivity (Wildman–Crippen MR) is 123 cm³/mol. The summed E-state index contributed by atoms with van der Waals surface area (Å²) in [5.74, 6) is 0.114. The van der Waals surface area contributed by atoms with Gasteiger partial charge in [-0.15, -0.1) is 0 Å². The van der Waals surface area contributed by atoms with E-state index in [0.29, 0.717) is 0 Å². The molecule has 0 unspecified atom stereocenters. The first-order valence-corrected chi connectivity index (χ1v) is 10.9. The number of benzene rings is 3. The second-order valence-corrected chi connectivity index (χ2v) is 7.86. The van der Waals surface area contributed by atoms with Gasteiger partial charge < -0.3 is 4.57 Å². The fourth-order valence-corrected chi connectivity index (χ4v) is 4.20. The maximum atomic E-state index is 13.6. The Morgan fingerprint density at radius 2 is 1.66 bits per heavy atom. The molecule has 0 saturated carbocycles. The third-order valence-corrected chi connectivity index (χ3v) is 5.89. The molecule has 0 saturated heterocycles. The molecule has 29 heavy (non-hydrogen) atoms. The molecular weight excluding hydrogens is 354 g/mol. The van der Waals surface area contributed by atoms with Crippen LogP contribution in [0, 0.1) is 0 Å². The summed E-state index contributed by atoms with van der Waals surface area (Å²) in [7, 11) is 0. The molecule has 0 atom stereocenters. The normalized spacial score (nSPS) is 11.4. The Labute approximate surface area is 173 Å². The van der Waals surface area contributed by atoms with Gasteiger partial charge in [-0.05, 0) is 35.2 Å². The molecule has 0 bridgehead atoms. The van der Waals surface area contributed by atoms with Crippen molar-refractivity contribution < 1.29 is 4.79 Å². The number of hydrogen-bond acceptors (Lipinski definition) is 1. The van der Waals surface area contributed by atoms with Crippen LogP contribution in [0.4, 0.5) is 0 Å². The van der Waals surface area contributed by atoms with Gasteiger partial charge in [0, 0.05) is 34.8 Å². The van der Waals surface area contributed by atoms with E-state index in [1.807, 2.05) is 30.3 Å². The van der Waals surface area contributed by atoms with Crippen LogP contribution in [0.1, 0.15) is 61.0 Å². The molecule has 4 aromatic rings. The molecule has 0 radical (unpaired) electrons. The minimum absolute atomic E-state index is 0.114. The van der Waals surface area contributed by atoms with E-state index in [0.717, 1.165) is 46.7 Å². The third-order valence-electron chi connectivity index (χ3n) is 5.89. The Bertz CT molecular complexity index is 1150. The van der Waals surface area contributed by atoms with E-state index in [-0.39, 0.29) is 5.78 Å². The second kappa shape index (κ2) is 8.65. The van der Waals surface area contributed by atoms with Crippen LogP contribution < -0.4 is 0 Å². The monoisotopic (exact) mass is 383 g/mol. The van der Waals surface area contributed by atoms with Gasteiger partial charge in [-0.25, -0.2) is 0 Å². The van der Waals surface area contributed by atoms with Crippen molar-refractivity contribution in [3.05, 3.63) is 83.6 Å². The van der Waals surface area contributed by atoms with E-state index in [1.54, 1.807) is 0 Å². The molecule has 2 heteroatoms. The zero-order valence-corrected chi connectivity index (χ0v) is 17.4. The fraction of sp³-hybridized carbons (Fsp3) is 0.296. The van der Waals surface area contributed by atoms with Crippen molar-refractivity contribution in [1.82, 2.24) is 4.57 Å². The van der Waals surface area contributed by atoms with Crippen LogP contribution in [0.15, 0.2) is 66.9 Å². The molecule has 0 spiro atoms. The lowest BCUT2D eigenvalue weighted by atomic mass is 9.96. The molecule has 1 aromatic heterocycles. The summed E-state index contributed by atoms with van der Waals surface area (Å²) in [4.78, 5) is 13.6. The topological polar surface area (TPSA) is 22.0 Å². The molecule has 0 aliphatic rings. The molecule has 1 heterocycles. The third kappa shape index (κ3) is 3.85. The van der Waals surface area contributed by atoms with E-state index >= 15 is 0 Å². The number of carbonyl (C=O) groups excluding carboxylic acids is 1. The number of aryl methyl sites for hydroxylation is 2. The lowest BCUT2D eigenvalue weighted by molar-refractivity contribution is 0.104. The van der Waals surface area contributed by atoms with Crippen LogP contribution in [0.5, 0.6) is 0 Å². The Morgan fingerprint density at radius 1 is 0.828 bits per heavy atom. The highest BCUT2D eigenvalue weighted by molar-refractivity contribution is 6.21. The predicted octanol–water partition coefficient (Wildman–Crippen LogP) is 7.17. The highest BCUT2D eigenvalue weighted by atomic mass is 16.1. The van der Waals surface area contributed by atoms with Gasteiger partial charge in [-0.2, -0.15) is 0 Å². The molecule has 4 rings (SSSR count). The summed E-state index contributed by atoms with van der Waals surface area (Å²) in [5.41, 5.74) is 4.10. The largest absolute Gasteiger partial charge is 0.347 e. The van der Waals surface area contributed by atoms with Crippen molar-refractivity contribution in [2.24, 2.45) is 0 Å². The van der Waals surface area contributed by atoms with E-state index in [9.17, 15) is 4.79 Å². The first kappa shape index (κ1) is 19.4. The number of ketones is 1. The summed E-state index contributed by atoms with van der Waals surface area (Å²) >= 11 is 0. The standard InChI is InChI=1S/C27H29NO/c1-3-5-6-9-17-28-19-25(23-16-15-20(4-2)18-26(23)28)27(29)24-14-10-12-21-11-7-8-13-22(21)24/h7-8,10-16,18-19H,3-6,9,17H2,1-2H3. The Balaban J connectivity index is 1.79. The average Bonchev–Trinajstić information content (AvgIpc) is 3.13. The van der Waals surface area contributed by atoms with E-state index in [4.69, 9.17) is 0 Å². The van der Waals surface area contributed by atoms with Crippen LogP contribution in [0.2, 0.25) is 0 Å². The second-order valence-electron chi connectivity index (χ2n) is 7.86. The lowest BCUT2D eigenvalue weighted by Gasteiger charge is -2.06. The SMILES string of the molecule is CCCCCCn1cc(C(=O)c2cccc3ccccc23)c2ccc(CC)cc21. The molecular formula is C27H29NO. The van der Waals surface area contributed by atoms with Gasteiger partial charge in [-0.3, -0.25) is 4.79 Å². The number of nitrogens with zero attached hydrogens (tertiary/aromatic N) is 1. The highest BCUT2D eigenvalue weighted by Crippen LogP contribution is 2.28. The van der Waals surface area contributed by atoms with Crippen LogP contribution in [0.3, 0.4) is 0 Å². The number of carbonyl (C=O) groups is 1. The fourth-order valence-electron chi connectivity index (χ4n) is 4.20. The zero-order valence-electron chi connectivity index (χ0n) is 17.4. The molecule has 0 fully saturated rings. The summed E-state index contributed by atoms with van der Waals surface area (Å²) in [5, 5.41) is 3.19. The van der Waals surface area contributed by atoms with Crippen LogP contribution in [-0.4, -0.2) is 10.4 Å². The number of unbranched alkanes of at least 4 members (excludes halogenated alkanes) is 3. The molecule has 0 N–H and O–H groups in total. The molecule has 0 aliphatic carbocycles. The Kier molecular flexibility index (Phi) is 5.80. The van der Waals surface area contributed by atoms with Gasteiger partial charge in [0.1, 0.15) is 0 Å². The molecule has 148 valence electrons. The van der Waals surface area contributed by atoms with Crippen molar-refractivity contribution in [3.63, 3.8) is 0 Å². The van der Waals surface area contributed by atoms with Gasteiger partial charge in [0.05, 0.1) is 0 Å². The van der Waals surface area contributed by atoms with Gasteiger partial charge in [0.2, 0.25) is 0 Å². The molecule has 0 amide bonds. The molecule has 2 nitrogen and oxygen atoms in total. The maximum Gasteiger partial charge on any atom is 0.195 e. The van der Waals surface area contributed by atoms with Gasteiger partial charge in [0.25, 0.3) is 0 Å². The molecule has 0 aliphatic heterocycles. The highest BCUT2D eigenvalue weighted by Gasteiger charge is 2.18.